The molecule has 0 saturated carbocycles. The number of hydrogen-bond donors (Lipinski definition) is 0. The zero-order chi connectivity index (χ0) is 15.2. The number of pyridine rings is 1. The summed E-state index contributed by atoms with van der Waals surface area (Å²) in [4.78, 5) is 16.8. The minimum Gasteiger partial charge on any atom is -0.299 e. The summed E-state index contributed by atoms with van der Waals surface area (Å²) < 4.78 is 0. The van der Waals surface area contributed by atoms with Crippen LogP contribution >= 0.6 is 0 Å². The minimum absolute atomic E-state index is 0.229. The van der Waals surface area contributed by atoms with Crippen molar-refractivity contribution in [3.8, 4) is 11.3 Å². The number of hydrogen-bond acceptors (Lipinski definition) is 2. The molecule has 0 amide bonds. The molecular formula is C20H21NO. The van der Waals surface area contributed by atoms with Crippen LogP contribution in [0.15, 0.2) is 60.8 Å². The molecule has 0 spiro atoms. The Labute approximate surface area is 131 Å². The maximum absolute atomic E-state index is 12.4. The highest BCUT2D eigenvalue weighted by atomic mass is 16.1. The third-order valence-electron chi connectivity index (χ3n) is 4.32. The van der Waals surface area contributed by atoms with Gasteiger partial charge in [0.15, 0.2) is 0 Å². The zero-order valence-corrected chi connectivity index (χ0v) is 12.7. The van der Waals surface area contributed by atoms with Crippen LogP contribution in [-0.4, -0.2) is 10.8 Å². The van der Waals surface area contributed by atoms with E-state index >= 15 is 0 Å². The maximum atomic E-state index is 12.4. The first kappa shape index (κ1) is 14.7. The number of nitrogens with zero attached hydrogens (tertiary/aromatic N) is 1. The Morgan fingerprint density at radius 2 is 1.95 bits per heavy atom. The van der Waals surface area contributed by atoms with E-state index in [2.05, 4.69) is 29.3 Å². The first-order chi connectivity index (χ1) is 10.8. The number of aromatic nitrogens is 1. The number of ketones is 1. The fourth-order valence-electron chi connectivity index (χ4n) is 3.06. The van der Waals surface area contributed by atoms with Crippen molar-refractivity contribution in [1.29, 1.82) is 0 Å². The second-order valence-electron chi connectivity index (χ2n) is 5.82. The molecule has 0 aliphatic heterocycles. The highest BCUT2D eigenvalue weighted by Crippen LogP contribution is 2.25. The highest BCUT2D eigenvalue weighted by molar-refractivity contribution is 5.82. The van der Waals surface area contributed by atoms with Crippen LogP contribution in [0.25, 0.3) is 11.3 Å². The van der Waals surface area contributed by atoms with Crippen LogP contribution in [0.4, 0.5) is 0 Å². The maximum Gasteiger partial charge on any atom is 0.136 e. The monoisotopic (exact) mass is 291 g/mol. The van der Waals surface area contributed by atoms with Crippen molar-refractivity contribution in [2.24, 2.45) is 5.92 Å². The van der Waals surface area contributed by atoms with E-state index in [1.54, 1.807) is 0 Å². The second kappa shape index (κ2) is 7.17. The first-order valence-corrected chi connectivity index (χ1v) is 8.01. The lowest BCUT2D eigenvalue weighted by Gasteiger charge is -2.16. The average Bonchev–Trinajstić information content (AvgIpc) is 2.61. The standard InChI is InChI=1S/C20H21NO/c22-20(17-9-2-1-3-10-17)14-13-16-8-4-5-11-18(16)19-12-6-7-15-21-19/h1-2,4-8,11-12,15,17H,3,9-10,13-14H2. The number of carbonyl (C=O) groups is 1. The van der Waals surface area contributed by atoms with Gasteiger partial charge >= 0.3 is 0 Å². The van der Waals surface area contributed by atoms with Gasteiger partial charge in [-0.25, -0.2) is 0 Å². The van der Waals surface area contributed by atoms with Crippen molar-refractivity contribution in [2.45, 2.75) is 32.1 Å². The summed E-state index contributed by atoms with van der Waals surface area (Å²) in [5.74, 6) is 0.632. The molecule has 22 heavy (non-hydrogen) atoms. The smallest absolute Gasteiger partial charge is 0.136 e. The van der Waals surface area contributed by atoms with Crippen molar-refractivity contribution in [3.63, 3.8) is 0 Å². The van der Waals surface area contributed by atoms with Gasteiger partial charge in [0.2, 0.25) is 0 Å². The third kappa shape index (κ3) is 3.51. The van der Waals surface area contributed by atoms with Crippen LogP contribution in [0.3, 0.4) is 0 Å². The molecule has 1 aliphatic rings. The second-order valence-corrected chi connectivity index (χ2v) is 5.82. The van der Waals surface area contributed by atoms with Crippen LogP contribution in [0, 0.1) is 5.92 Å². The molecule has 2 aromatic rings. The highest BCUT2D eigenvalue weighted by Gasteiger charge is 2.18. The fourth-order valence-corrected chi connectivity index (χ4v) is 3.06. The molecule has 112 valence electrons. The number of benzene rings is 1. The summed E-state index contributed by atoms with van der Waals surface area (Å²) in [5.41, 5.74) is 3.33. The average molecular weight is 291 g/mol. The Bertz CT molecular complexity index is 660. The number of Topliss-reactive ketones (excluding diaryl/α,β-unsaturated/α-hetero) is 1. The molecule has 1 aromatic carbocycles. The van der Waals surface area contributed by atoms with E-state index < -0.39 is 0 Å². The van der Waals surface area contributed by atoms with Crippen LogP contribution in [0.1, 0.15) is 31.2 Å². The van der Waals surface area contributed by atoms with E-state index in [0.717, 1.165) is 36.9 Å². The summed E-state index contributed by atoms with van der Waals surface area (Å²) in [6.07, 6.45) is 10.5. The molecule has 2 nitrogen and oxygen atoms in total. The fraction of sp³-hybridized carbons (Fsp3) is 0.300. The molecule has 0 bridgehead atoms. The molecule has 1 aliphatic carbocycles. The van der Waals surface area contributed by atoms with E-state index in [1.165, 1.54) is 5.56 Å². The Morgan fingerprint density at radius 1 is 1.09 bits per heavy atom. The number of allylic oxidation sites excluding steroid dienone is 2. The van der Waals surface area contributed by atoms with Gasteiger partial charge in [-0.15, -0.1) is 0 Å². The Balaban J connectivity index is 1.70. The number of aryl methyl sites for hydroxylation is 1. The van der Waals surface area contributed by atoms with Gasteiger partial charge in [-0.1, -0.05) is 42.5 Å². The molecule has 0 saturated heterocycles. The van der Waals surface area contributed by atoms with Crippen molar-refractivity contribution >= 4 is 5.78 Å². The van der Waals surface area contributed by atoms with E-state index in [-0.39, 0.29) is 5.92 Å². The Hall–Kier alpha value is -2.22. The molecular weight excluding hydrogens is 270 g/mol. The minimum atomic E-state index is 0.229. The Kier molecular flexibility index (Phi) is 4.79. The van der Waals surface area contributed by atoms with E-state index in [0.29, 0.717) is 12.2 Å². The van der Waals surface area contributed by atoms with Crippen LogP contribution < -0.4 is 0 Å². The van der Waals surface area contributed by atoms with E-state index in [9.17, 15) is 4.79 Å². The van der Waals surface area contributed by atoms with Crippen molar-refractivity contribution in [2.75, 3.05) is 0 Å². The van der Waals surface area contributed by atoms with Crippen molar-refractivity contribution < 1.29 is 4.79 Å². The van der Waals surface area contributed by atoms with E-state index in [4.69, 9.17) is 0 Å². The topological polar surface area (TPSA) is 30.0 Å². The predicted octanol–water partition coefficient (Wildman–Crippen LogP) is 4.61. The van der Waals surface area contributed by atoms with Gasteiger partial charge in [-0.3, -0.25) is 9.78 Å². The van der Waals surface area contributed by atoms with Gasteiger partial charge in [0.1, 0.15) is 5.78 Å². The summed E-state index contributed by atoms with van der Waals surface area (Å²) in [6.45, 7) is 0. The van der Waals surface area contributed by atoms with Gasteiger partial charge in [-0.05, 0) is 43.4 Å². The van der Waals surface area contributed by atoms with Crippen LogP contribution in [0.2, 0.25) is 0 Å². The van der Waals surface area contributed by atoms with E-state index in [1.807, 2.05) is 36.5 Å². The lowest BCUT2D eigenvalue weighted by molar-refractivity contribution is -0.123. The molecule has 0 radical (unpaired) electrons. The third-order valence-corrected chi connectivity index (χ3v) is 4.32. The largest absolute Gasteiger partial charge is 0.299 e. The van der Waals surface area contributed by atoms with Gasteiger partial charge < -0.3 is 0 Å². The zero-order valence-electron chi connectivity index (χ0n) is 12.7. The Morgan fingerprint density at radius 3 is 2.73 bits per heavy atom. The summed E-state index contributed by atoms with van der Waals surface area (Å²) in [5, 5.41) is 0. The SMILES string of the molecule is O=C(CCc1ccccc1-c1ccccn1)C1CC=CCC1. The van der Waals surface area contributed by atoms with Crippen molar-refractivity contribution in [3.05, 3.63) is 66.4 Å². The normalized spacial score (nSPS) is 17.4. The summed E-state index contributed by atoms with van der Waals surface area (Å²) in [6, 6.07) is 14.2. The summed E-state index contributed by atoms with van der Waals surface area (Å²) >= 11 is 0. The molecule has 1 atom stereocenters. The van der Waals surface area contributed by atoms with Gasteiger partial charge in [0, 0.05) is 24.1 Å². The van der Waals surface area contributed by atoms with Crippen LogP contribution in [0.5, 0.6) is 0 Å². The van der Waals surface area contributed by atoms with Gasteiger partial charge in [0.05, 0.1) is 5.69 Å². The predicted molar refractivity (Wildman–Crippen MR) is 89.5 cm³/mol. The number of carbonyl (C=O) groups excluding carboxylic acids is 1. The molecule has 1 heterocycles. The molecule has 2 heteroatoms. The lowest BCUT2D eigenvalue weighted by Crippen LogP contribution is -2.16. The van der Waals surface area contributed by atoms with Gasteiger partial charge in [-0.2, -0.15) is 0 Å². The van der Waals surface area contributed by atoms with Crippen molar-refractivity contribution in [1.82, 2.24) is 4.98 Å². The quantitative estimate of drug-likeness (QED) is 0.753. The molecule has 0 fully saturated rings. The number of rotatable bonds is 5. The molecule has 1 unspecified atom stereocenters. The van der Waals surface area contributed by atoms with Crippen LogP contribution in [-0.2, 0) is 11.2 Å². The molecule has 0 N–H and O–H groups in total. The molecule has 1 aromatic heterocycles. The molecule has 3 rings (SSSR count). The lowest BCUT2D eigenvalue weighted by atomic mass is 9.87. The summed E-state index contributed by atoms with van der Waals surface area (Å²) in [7, 11) is 0. The van der Waals surface area contributed by atoms with Gasteiger partial charge in [0.25, 0.3) is 0 Å². The first-order valence-electron chi connectivity index (χ1n) is 8.01.